The van der Waals surface area contributed by atoms with Gasteiger partial charge in [0.2, 0.25) is 6.41 Å². The first-order valence-corrected chi connectivity index (χ1v) is 9.55. The van der Waals surface area contributed by atoms with E-state index in [1.54, 1.807) is 14.1 Å². The second-order valence-corrected chi connectivity index (χ2v) is 5.88. The number of nitrogens with one attached hydrogen (secondary N) is 1. The molecular formula is C19H45N3O. The molecule has 2 atom stereocenters. The minimum atomic E-state index is 0.740. The van der Waals surface area contributed by atoms with Gasteiger partial charge in [-0.05, 0) is 39.8 Å². The maximum Gasteiger partial charge on any atom is 0.209 e. The van der Waals surface area contributed by atoms with E-state index in [0.717, 1.165) is 18.5 Å². The molecule has 1 amide bonds. The lowest BCUT2D eigenvalue weighted by Gasteiger charge is -2.21. The fourth-order valence-corrected chi connectivity index (χ4v) is 2.26. The molecule has 4 heteroatoms. The van der Waals surface area contributed by atoms with Crippen molar-refractivity contribution in [1.29, 1.82) is 0 Å². The Morgan fingerprint density at radius 1 is 1.04 bits per heavy atom. The molecule has 2 unspecified atom stereocenters. The quantitative estimate of drug-likeness (QED) is 0.565. The maximum atomic E-state index is 9.43. The first-order valence-electron chi connectivity index (χ1n) is 9.55. The summed E-state index contributed by atoms with van der Waals surface area (Å²) in [6.45, 7) is 15.0. The van der Waals surface area contributed by atoms with Crippen LogP contribution in [-0.2, 0) is 4.79 Å². The number of hydrogen-bond donors (Lipinski definition) is 1. The van der Waals surface area contributed by atoms with E-state index >= 15 is 0 Å². The molecule has 0 aliphatic carbocycles. The smallest absolute Gasteiger partial charge is 0.209 e. The van der Waals surface area contributed by atoms with E-state index in [1.807, 2.05) is 27.7 Å². The van der Waals surface area contributed by atoms with Crippen molar-refractivity contribution in [2.45, 2.75) is 85.7 Å². The van der Waals surface area contributed by atoms with Crippen LogP contribution in [0.5, 0.6) is 0 Å². The molecule has 4 nitrogen and oxygen atoms in total. The zero-order chi connectivity index (χ0) is 18.7. The highest BCUT2D eigenvalue weighted by Crippen LogP contribution is 2.12. The maximum absolute atomic E-state index is 9.43. The van der Waals surface area contributed by atoms with Crippen molar-refractivity contribution in [3.63, 3.8) is 0 Å². The van der Waals surface area contributed by atoms with E-state index in [0.29, 0.717) is 0 Å². The average molecular weight is 332 g/mol. The molecule has 1 heterocycles. The van der Waals surface area contributed by atoms with E-state index in [-0.39, 0.29) is 0 Å². The van der Waals surface area contributed by atoms with Crippen LogP contribution in [0.1, 0.15) is 73.6 Å². The van der Waals surface area contributed by atoms with Crippen LogP contribution in [0.2, 0.25) is 0 Å². The van der Waals surface area contributed by atoms with Crippen molar-refractivity contribution < 1.29 is 4.79 Å². The molecule has 0 spiro atoms. The topological polar surface area (TPSA) is 35.6 Å². The summed E-state index contributed by atoms with van der Waals surface area (Å²) in [6.07, 6.45) is 7.52. The minimum Gasteiger partial charge on any atom is -0.351 e. The van der Waals surface area contributed by atoms with Crippen LogP contribution in [0.4, 0.5) is 0 Å². The van der Waals surface area contributed by atoms with Gasteiger partial charge < -0.3 is 15.1 Å². The zero-order valence-electron chi connectivity index (χ0n) is 17.5. The molecule has 142 valence electrons. The summed E-state index contributed by atoms with van der Waals surface area (Å²) in [6, 6.07) is 1.49. The van der Waals surface area contributed by atoms with Gasteiger partial charge in [0.05, 0.1) is 0 Å². The first-order chi connectivity index (χ1) is 11.0. The molecular weight excluding hydrogens is 286 g/mol. The minimum absolute atomic E-state index is 0.740. The summed E-state index contributed by atoms with van der Waals surface area (Å²) >= 11 is 0. The normalized spacial score (nSPS) is 18.7. The largest absolute Gasteiger partial charge is 0.351 e. The van der Waals surface area contributed by atoms with Crippen molar-refractivity contribution in [3.05, 3.63) is 0 Å². The monoisotopic (exact) mass is 331 g/mol. The predicted molar refractivity (Wildman–Crippen MR) is 105 cm³/mol. The average Bonchev–Trinajstić information content (AvgIpc) is 2.97. The van der Waals surface area contributed by atoms with Gasteiger partial charge in [0.1, 0.15) is 0 Å². The number of nitrogens with zero attached hydrogens (tertiary/aromatic N) is 2. The number of likely N-dealkylation sites (N-methyl/N-ethyl adjacent to an activating group) is 1. The molecule has 0 aromatic carbocycles. The third-order valence-corrected chi connectivity index (χ3v) is 3.35. The van der Waals surface area contributed by atoms with Gasteiger partial charge in [-0.1, -0.05) is 47.5 Å². The zero-order valence-corrected chi connectivity index (χ0v) is 17.5. The Kier molecular flexibility index (Phi) is 25.3. The van der Waals surface area contributed by atoms with Crippen molar-refractivity contribution >= 4 is 6.41 Å². The van der Waals surface area contributed by atoms with Crippen LogP contribution >= 0.6 is 0 Å². The molecule has 1 aliphatic rings. The summed E-state index contributed by atoms with van der Waals surface area (Å²) in [4.78, 5) is 13.4. The van der Waals surface area contributed by atoms with E-state index in [2.05, 4.69) is 31.1 Å². The van der Waals surface area contributed by atoms with Gasteiger partial charge in [0, 0.05) is 32.7 Å². The molecule has 23 heavy (non-hydrogen) atoms. The second-order valence-electron chi connectivity index (χ2n) is 5.88. The van der Waals surface area contributed by atoms with Crippen molar-refractivity contribution in [3.8, 4) is 0 Å². The van der Waals surface area contributed by atoms with Crippen LogP contribution in [0.3, 0.4) is 0 Å². The molecule has 0 radical (unpaired) electrons. The van der Waals surface area contributed by atoms with Crippen molar-refractivity contribution in [2.75, 3.05) is 34.2 Å². The Morgan fingerprint density at radius 2 is 1.57 bits per heavy atom. The SMILES string of the molecule is CC.CC.CCCCCN(C)CC1CCC(C)N1.CN(C)C=O. The van der Waals surface area contributed by atoms with Gasteiger partial charge in [-0.15, -0.1) is 0 Å². The Labute approximate surface area is 147 Å². The summed E-state index contributed by atoms with van der Waals surface area (Å²) in [5.74, 6) is 0. The second kappa shape index (κ2) is 21.4. The number of amides is 1. The molecule has 0 bridgehead atoms. The van der Waals surface area contributed by atoms with Crippen molar-refractivity contribution in [1.82, 2.24) is 15.1 Å². The lowest BCUT2D eigenvalue weighted by molar-refractivity contribution is -0.115. The summed E-state index contributed by atoms with van der Waals surface area (Å²) in [5, 5.41) is 3.63. The van der Waals surface area contributed by atoms with E-state index in [1.165, 1.54) is 50.1 Å². The fraction of sp³-hybridized carbons (Fsp3) is 0.947. The van der Waals surface area contributed by atoms with Gasteiger partial charge in [-0.3, -0.25) is 4.79 Å². The molecule has 1 fully saturated rings. The highest BCUT2D eigenvalue weighted by atomic mass is 16.1. The van der Waals surface area contributed by atoms with Crippen LogP contribution in [0.25, 0.3) is 0 Å². The summed E-state index contributed by atoms with van der Waals surface area (Å²) in [7, 11) is 5.63. The van der Waals surface area contributed by atoms with Gasteiger partial charge in [-0.2, -0.15) is 0 Å². The summed E-state index contributed by atoms with van der Waals surface area (Å²) in [5.41, 5.74) is 0. The molecule has 1 N–H and O–H groups in total. The molecule has 0 aromatic heterocycles. The Morgan fingerprint density at radius 3 is 1.91 bits per heavy atom. The third-order valence-electron chi connectivity index (χ3n) is 3.35. The number of unbranched alkanes of at least 4 members (excludes halogenated alkanes) is 2. The van der Waals surface area contributed by atoms with Gasteiger partial charge in [-0.25, -0.2) is 0 Å². The lowest BCUT2D eigenvalue weighted by atomic mass is 10.2. The first kappa shape index (κ1) is 27.2. The van der Waals surface area contributed by atoms with E-state index in [4.69, 9.17) is 0 Å². The molecule has 1 rings (SSSR count). The number of hydrogen-bond acceptors (Lipinski definition) is 3. The number of carbonyl (C=O) groups excluding carboxylic acids is 1. The number of rotatable bonds is 7. The molecule has 1 aliphatic heterocycles. The molecule has 0 aromatic rings. The van der Waals surface area contributed by atoms with Gasteiger partial charge >= 0.3 is 0 Å². The Balaban J connectivity index is -0.000000375. The predicted octanol–water partition coefficient (Wildman–Crippen LogP) is 4.01. The fourth-order valence-electron chi connectivity index (χ4n) is 2.26. The Bertz CT molecular complexity index is 223. The van der Waals surface area contributed by atoms with E-state index < -0.39 is 0 Å². The van der Waals surface area contributed by atoms with Crippen LogP contribution in [-0.4, -0.2) is 62.5 Å². The van der Waals surface area contributed by atoms with Gasteiger partial charge in [0.15, 0.2) is 0 Å². The summed E-state index contributed by atoms with van der Waals surface area (Å²) < 4.78 is 0. The third kappa shape index (κ3) is 21.4. The highest BCUT2D eigenvalue weighted by Gasteiger charge is 2.20. The van der Waals surface area contributed by atoms with Crippen LogP contribution in [0.15, 0.2) is 0 Å². The molecule has 0 saturated carbocycles. The van der Waals surface area contributed by atoms with Crippen LogP contribution in [0, 0.1) is 0 Å². The van der Waals surface area contributed by atoms with Crippen molar-refractivity contribution in [2.24, 2.45) is 0 Å². The van der Waals surface area contributed by atoms with Crippen LogP contribution < -0.4 is 5.32 Å². The lowest BCUT2D eigenvalue weighted by Crippen LogP contribution is -2.37. The number of carbonyl (C=O) groups is 1. The van der Waals surface area contributed by atoms with E-state index in [9.17, 15) is 4.79 Å². The standard InChI is InChI=1S/C12H26N2.C3H7NO.2C2H6/c1-4-5-6-9-14(3)10-12-8-7-11(2)13-12;1-4(2)3-5;2*1-2/h11-13H,4-10H2,1-3H3;3H,1-2H3;2*1-2H3. The highest BCUT2D eigenvalue weighted by molar-refractivity contribution is 5.45. The molecule has 1 saturated heterocycles. The van der Waals surface area contributed by atoms with Gasteiger partial charge in [0.25, 0.3) is 0 Å². The Hall–Kier alpha value is -0.610.